The van der Waals surface area contributed by atoms with Gasteiger partial charge in [0, 0.05) is 11.5 Å². The summed E-state index contributed by atoms with van der Waals surface area (Å²) in [5, 5.41) is 3.79. The van der Waals surface area contributed by atoms with Gasteiger partial charge in [0.15, 0.2) is 0 Å². The number of benzene rings is 1. The predicted octanol–water partition coefficient (Wildman–Crippen LogP) is 1.94. The fraction of sp³-hybridized carbons (Fsp3) is 0.357. The van der Waals surface area contributed by atoms with Crippen molar-refractivity contribution in [1.29, 1.82) is 0 Å². The molecule has 0 aliphatic heterocycles. The van der Waals surface area contributed by atoms with Crippen LogP contribution in [-0.2, 0) is 9.63 Å². The molecule has 1 rings (SSSR count). The quantitative estimate of drug-likeness (QED) is 0.344. The van der Waals surface area contributed by atoms with Crippen LogP contribution in [0.3, 0.4) is 0 Å². The predicted molar refractivity (Wildman–Crippen MR) is 75.0 cm³/mol. The average Bonchev–Trinajstić information content (AvgIpc) is 2.47. The number of rotatable bonds is 6. The molecule has 0 aliphatic rings. The van der Waals surface area contributed by atoms with Gasteiger partial charge in [0.2, 0.25) is 11.5 Å². The molecule has 0 aliphatic carbocycles. The SMILES string of the molecule is CON=C(C(=[N+]=[N-])C(=O)C(C)C)c1ccc(OC)cc1. The van der Waals surface area contributed by atoms with Crippen molar-refractivity contribution in [2.24, 2.45) is 11.1 Å². The first-order valence-corrected chi connectivity index (χ1v) is 6.07. The van der Waals surface area contributed by atoms with Crippen LogP contribution in [-0.4, -0.2) is 36.2 Å². The fourth-order valence-electron chi connectivity index (χ4n) is 1.56. The van der Waals surface area contributed by atoms with Crippen LogP contribution in [0, 0.1) is 5.92 Å². The summed E-state index contributed by atoms with van der Waals surface area (Å²) >= 11 is 0. The summed E-state index contributed by atoms with van der Waals surface area (Å²) in [6.45, 7) is 3.43. The molecular formula is C14H17N3O3. The van der Waals surface area contributed by atoms with Crippen LogP contribution < -0.4 is 4.74 Å². The molecule has 0 saturated heterocycles. The molecule has 0 heterocycles. The smallest absolute Gasteiger partial charge is 0.387 e. The van der Waals surface area contributed by atoms with Gasteiger partial charge in [-0.25, -0.2) is 0 Å². The maximum atomic E-state index is 12.0. The number of oxime groups is 1. The Balaban J connectivity index is 3.26. The minimum atomic E-state index is -0.320. The molecule has 6 heteroatoms. The first kappa shape index (κ1) is 15.6. The highest BCUT2D eigenvalue weighted by molar-refractivity contribution is 6.68. The van der Waals surface area contributed by atoms with E-state index in [0.29, 0.717) is 11.3 Å². The Morgan fingerprint density at radius 3 is 2.25 bits per heavy atom. The second-order valence-electron chi connectivity index (χ2n) is 4.32. The highest BCUT2D eigenvalue weighted by atomic mass is 16.6. The van der Waals surface area contributed by atoms with Gasteiger partial charge >= 0.3 is 5.71 Å². The molecule has 0 bridgehead atoms. The van der Waals surface area contributed by atoms with E-state index in [1.54, 1.807) is 45.2 Å². The highest BCUT2D eigenvalue weighted by Crippen LogP contribution is 2.13. The third-order valence-electron chi connectivity index (χ3n) is 2.63. The number of carbonyl (C=O) groups is 1. The van der Waals surface area contributed by atoms with Crippen LogP contribution in [0.5, 0.6) is 5.75 Å². The molecule has 0 aromatic heterocycles. The maximum absolute atomic E-state index is 12.0. The molecule has 0 unspecified atom stereocenters. The van der Waals surface area contributed by atoms with E-state index in [9.17, 15) is 4.79 Å². The van der Waals surface area contributed by atoms with Gasteiger partial charge in [-0.15, -0.1) is 0 Å². The summed E-state index contributed by atoms with van der Waals surface area (Å²) in [4.78, 5) is 19.8. The Morgan fingerprint density at radius 1 is 1.25 bits per heavy atom. The normalized spacial score (nSPS) is 10.9. The lowest BCUT2D eigenvalue weighted by atomic mass is 9.97. The van der Waals surface area contributed by atoms with Crippen LogP contribution >= 0.6 is 0 Å². The lowest BCUT2D eigenvalue weighted by Crippen LogP contribution is -2.30. The number of methoxy groups -OCH3 is 1. The summed E-state index contributed by atoms with van der Waals surface area (Å²) in [6.07, 6.45) is 0. The summed E-state index contributed by atoms with van der Waals surface area (Å²) in [5.41, 5.74) is 9.75. The number of nitrogens with zero attached hydrogens (tertiary/aromatic N) is 3. The zero-order chi connectivity index (χ0) is 15.1. The third kappa shape index (κ3) is 3.52. The Labute approximate surface area is 117 Å². The number of carbonyl (C=O) groups excluding carboxylic acids is 1. The number of hydrogen-bond acceptors (Lipinski definition) is 4. The van der Waals surface area contributed by atoms with E-state index in [2.05, 4.69) is 9.95 Å². The Kier molecular flexibility index (Phi) is 5.62. The van der Waals surface area contributed by atoms with Crippen molar-refractivity contribution in [3.8, 4) is 5.75 Å². The van der Waals surface area contributed by atoms with Crippen molar-refractivity contribution in [2.75, 3.05) is 14.2 Å². The number of Topliss-reactive ketones (excluding diaryl/α,β-unsaturated/α-hetero) is 1. The molecule has 0 saturated carbocycles. The zero-order valence-electron chi connectivity index (χ0n) is 12.0. The molecule has 0 spiro atoms. The summed E-state index contributed by atoms with van der Waals surface area (Å²) in [6, 6.07) is 6.84. The van der Waals surface area contributed by atoms with Crippen molar-refractivity contribution in [2.45, 2.75) is 13.8 Å². The molecule has 6 nitrogen and oxygen atoms in total. The minimum absolute atomic E-state index is 0.132. The second-order valence-corrected chi connectivity index (χ2v) is 4.32. The van der Waals surface area contributed by atoms with Gasteiger partial charge in [-0.2, -0.15) is 4.79 Å². The zero-order valence-corrected chi connectivity index (χ0v) is 12.0. The van der Waals surface area contributed by atoms with Crippen LogP contribution in [0.4, 0.5) is 0 Å². The molecule has 1 aromatic rings. The van der Waals surface area contributed by atoms with Crippen LogP contribution in [0.2, 0.25) is 0 Å². The Bertz CT molecular complexity index is 556. The number of hydrogen-bond donors (Lipinski definition) is 0. The first-order valence-electron chi connectivity index (χ1n) is 6.07. The van der Waals surface area contributed by atoms with Gasteiger partial charge in [-0.3, -0.25) is 4.79 Å². The molecular weight excluding hydrogens is 258 g/mol. The van der Waals surface area contributed by atoms with Gasteiger partial charge in [0.1, 0.15) is 12.9 Å². The monoisotopic (exact) mass is 275 g/mol. The molecule has 0 amide bonds. The topological polar surface area (TPSA) is 84.3 Å². The highest BCUT2D eigenvalue weighted by Gasteiger charge is 2.31. The van der Waals surface area contributed by atoms with Crippen LogP contribution in [0.15, 0.2) is 29.4 Å². The van der Waals surface area contributed by atoms with E-state index in [1.165, 1.54) is 7.11 Å². The second kappa shape index (κ2) is 7.21. The number of ether oxygens (including phenoxy) is 1. The van der Waals surface area contributed by atoms with Gasteiger partial charge < -0.3 is 15.1 Å². The Morgan fingerprint density at radius 2 is 1.85 bits per heavy atom. The van der Waals surface area contributed by atoms with Crippen LogP contribution in [0.25, 0.3) is 5.53 Å². The van der Waals surface area contributed by atoms with Crippen molar-refractivity contribution in [3.05, 3.63) is 35.4 Å². The van der Waals surface area contributed by atoms with E-state index in [1.807, 2.05) is 0 Å². The third-order valence-corrected chi connectivity index (χ3v) is 2.63. The van der Waals surface area contributed by atoms with E-state index in [4.69, 9.17) is 15.1 Å². The minimum Gasteiger partial charge on any atom is -0.497 e. The van der Waals surface area contributed by atoms with E-state index >= 15 is 0 Å². The van der Waals surface area contributed by atoms with E-state index in [0.717, 1.165) is 0 Å². The summed E-state index contributed by atoms with van der Waals surface area (Å²) in [5.74, 6) is 0.0310. The van der Waals surface area contributed by atoms with Gasteiger partial charge in [0.05, 0.1) is 7.11 Å². The molecule has 0 atom stereocenters. The molecule has 0 N–H and O–H groups in total. The molecule has 20 heavy (non-hydrogen) atoms. The van der Waals surface area contributed by atoms with Crippen LogP contribution in [0.1, 0.15) is 19.4 Å². The molecule has 0 fully saturated rings. The lowest BCUT2D eigenvalue weighted by molar-refractivity contribution is -0.119. The van der Waals surface area contributed by atoms with Crippen molar-refractivity contribution < 1.29 is 19.2 Å². The fourth-order valence-corrected chi connectivity index (χ4v) is 1.56. The van der Waals surface area contributed by atoms with Gasteiger partial charge in [-0.1, -0.05) is 19.0 Å². The van der Waals surface area contributed by atoms with E-state index < -0.39 is 0 Å². The van der Waals surface area contributed by atoms with Crippen molar-refractivity contribution in [3.63, 3.8) is 0 Å². The molecule has 0 radical (unpaired) electrons. The summed E-state index contributed by atoms with van der Waals surface area (Å²) in [7, 11) is 2.92. The average molecular weight is 275 g/mol. The van der Waals surface area contributed by atoms with E-state index in [-0.39, 0.29) is 23.1 Å². The maximum Gasteiger partial charge on any atom is 0.387 e. The largest absolute Gasteiger partial charge is 0.497 e. The van der Waals surface area contributed by atoms with Crippen molar-refractivity contribution >= 4 is 17.2 Å². The van der Waals surface area contributed by atoms with Gasteiger partial charge in [-0.05, 0) is 24.3 Å². The standard InChI is InChI=1S/C14H17N3O3/c1-9(2)14(18)13(16-15)12(17-20-4)10-5-7-11(19-3)8-6-10/h5-9H,1-4H3. The lowest BCUT2D eigenvalue weighted by Gasteiger charge is -2.05. The van der Waals surface area contributed by atoms with Crippen molar-refractivity contribution in [1.82, 2.24) is 0 Å². The number of ketones is 1. The molecule has 1 aromatic carbocycles. The summed E-state index contributed by atoms with van der Waals surface area (Å²) < 4.78 is 5.06. The first-order chi connectivity index (χ1) is 9.54. The Hall–Kier alpha value is -2.46. The van der Waals surface area contributed by atoms with Gasteiger partial charge in [0.25, 0.3) is 0 Å². The molecule has 106 valence electrons.